The number of hydrazine groups is 1. The molecule has 3 aromatic rings. The van der Waals surface area contributed by atoms with Crippen molar-refractivity contribution in [1.29, 1.82) is 0 Å². The van der Waals surface area contributed by atoms with Crippen LogP contribution in [-0.4, -0.2) is 17.7 Å². The second-order valence-corrected chi connectivity index (χ2v) is 7.68. The van der Waals surface area contributed by atoms with E-state index in [1.807, 2.05) is 60.7 Å². The Bertz CT molecular complexity index is 1100. The fourth-order valence-corrected chi connectivity index (χ4v) is 4.03. The SMILES string of the molecule is CC(=O)Nc1ccc(NC(=O)C2C(=O)NNC(c3ccccc3)C2c2ccccc2)cc1. The zero-order chi connectivity index (χ0) is 22.5. The molecule has 1 aliphatic rings. The summed E-state index contributed by atoms with van der Waals surface area (Å²) < 4.78 is 0. The fraction of sp³-hybridized carbons (Fsp3) is 0.160. The maximum Gasteiger partial charge on any atom is 0.247 e. The Morgan fingerprint density at radius 1 is 0.750 bits per heavy atom. The lowest BCUT2D eigenvalue weighted by atomic mass is 9.76. The van der Waals surface area contributed by atoms with Crippen LogP contribution in [0.2, 0.25) is 0 Å². The number of carbonyl (C=O) groups excluding carboxylic acids is 3. The molecule has 3 amide bonds. The van der Waals surface area contributed by atoms with Crippen molar-refractivity contribution >= 4 is 29.1 Å². The van der Waals surface area contributed by atoms with E-state index in [0.29, 0.717) is 11.4 Å². The van der Waals surface area contributed by atoms with Crippen LogP contribution in [-0.2, 0) is 14.4 Å². The van der Waals surface area contributed by atoms with Crippen LogP contribution in [0.3, 0.4) is 0 Å². The highest BCUT2D eigenvalue weighted by atomic mass is 16.2. The van der Waals surface area contributed by atoms with Crippen LogP contribution >= 0.6 is 0 Å². The second-order valence-electron chi connectivity index (χ2n) is 7.68. The molecule has 3 atom stereocenters. The monoisotopic (exact) mass is 428 g/mol. The molecule has 7 heteroatoms. The van der Waals surface area contributed by atoms with E-state index in [-0.39, 0.29) is 11.9 Å². The van der Waals surface area contributed by atoms with Crippen LogP contribution in [0.5, 0.6) is 0 Å². The van der Waals surface area contributed by atoms with E-state index >= 15 is 0 Å². The van der Waals surface area contributed by atoms with Gasteiger partial charge in [-0.1, -0.05) is 60.7 Å². The number of hydrogen-bond acceptors (Lipinski definition) is 4. The summed E-state index contributed by atoms with van der Waals surface area (Å²) >= 11 is 0. The maximum absolute atomic E-state index is 13.3. The van der Waals surface area contributed by atoms with Crippen molar-refractivity contribution in [2.45, 2.75) is 18.9 Å². The Kier molecular flexibility index (Phi) is 6.28. The van der Waals surface area contributed by atoms with Crippen LogP contribution in [0.25, 0.3) is 0 Å². The fourth-order valence-electron chi connectivity index (χ4n) is 4.03. The van der Waals surface area contributed by atoms with Crippen molar-refractivity contribution < 1.29 is 14.4 Å². The van der Waals surface area contributed by atoms with Gasteiger partial charge in [-0.3, -0.25) is 19.8 Å². The van der Waals surface area contributed by atoms with Gasteiger partial charge in [0.15, 0.2) is 0 Å². The van der Waals surface area contributed by atoms with Crippen molar-refractivity contribution in [2.24, 2.45) is 5.92 Å². The molecule has 1 fully saturated rings. The predicted octanol–water partition coefficient (Wildman–Crippen LogP) is 3.36. The van der Waals surface area contributed by atoms with Gasteiger partial charge in [0.1, 0.15) is 5.92 Å². The lowest BCUT2D eigenvalue weighted by Crippen LogP contribution is -2.56. The Labute approximate surface area is 186 Å². The highest BCUT2D eigenvalue weighted by molar-refractivity contribution is 6.07. The molecule has 4 N–H and O–H groups in total. The van der Waals surface area contributed by atoms with E-state index in [2.05, 4.69) is 21.5 Å². The van der Waals surface area contributed by atoms with Crippen LogP contribution in [0, 0.1) is 5.92 Å². The topological polar surface area (TPSA) is 99.3 Å². The molecule has 4 rings (SSSR count). The quantitative estimate of drug-likeness (QED) is 0.468. The molecule has 0 saturated carbocycles. The average Bonchev–Trinajstić information content (AvgIpc) is 2.81. The third kappa shape index (κ3) is 4.68. The first-order valence-corrected chi connectivity index (χ1v) is 10.4. The molecule has 0 spiro atoms. The first-order valence-electron chi connectivity index (χ1n) is 10.4. The summed E-state index contributed by atoms with van der Waals surface area (Å²) in [5.41, 5.74) is 8.80. The number of hydrogen-bond donors (Lipinski definition) is 4. The van der Waals surface area contributed by atoms with Gasteiger partial charge in [0, 0.05) is 24.2 Å². The molecule has 3 aromatic carbocycles. The van der Waals surface area contributed by atoms with Gasteiger partial charge in [-0.05, 0) is 35.4 Å². The van der Waals surface area contributed by atoms with Crippen molar-refractivity contribution in [3.63, 3.8) is 0 Å². The van der Waals surface area contributed by atoms with E-state index in [0.717, 1.165) is 11.1 Å². The Morgan fingerprint density at radius 2 is 1.28 bits per heavy atom. The van der Waals surface area contributed by atoms with Gasteiger partial charge < -0.3 is 10.6 Å². The van der Waals surface area contributed by atoms with E-state index in [9.17, 15) is 14.4 Å². The molecular formula is C25H24N4O3. The van der Waals surface area contributed by atoms with Crippen molar-refractivity contribution in [3.8, 4) is 0 Å². The first-order chi connectivity index (χ1) is 15.5. The molecule has 32 heavy (non-hydrogen) atoms. The second kappa shape index (κ2) is 9.45. The smallest absolute Gasteiger partial charge is 0.247 e. The summed E-state index contributed by atoms with van der Waals surface area (Å²) in [5, 5.41) is 5.54. The molecule has 1 saturated heterocycles. The van der Waals surface area contributed by atoms with E-state index < -0.39 is 23.7 Å². The van der Waals surface area contributed by atoms with Crippen LogP contribution < -0.4 is 21.5 Å². The Morgan fingerprint density at radius 3 is 1.84 bits per heavy atom. The summed E-state index contributed by atoms with van der Waals surface area (Å²) in [6, 6.07) is 25.8. The van der Waals surface area contributed by atoms with Crippen molar-refractivity contribution in [1.82, 2.24) is 10.9 Å². The largest absolute Gasteiger partial charge is 0.326 e. The number of nitrogens with one attached hydrogen (secondary N) is 4. The van der Waals surface area contributed by atoms with Crippen LogP contribution in [0.4, 0.5) is 11.4 Å². The highest BCUT2D eigenvalue weighted by Gasteiger charge is 2.44. The predicted molar refractivity (Wildman–Crippen MR) is 123 cm³/mol. The summed E-state index contributed by atoms with van der Waals surface area (Å²) in [6.07, 6.45) is 0. The molecule has 0 radical (unpaired) electrons. The first kappa shape index (κ1) is 21.3. The molecule has 1 aliphatic heterocycles. The van der Waals surface area contributed by atoms with Crippen LogP contribution in [0.1, 0.15) is 30.0 Å². The Hall–Kier alpha value is -3.97. The zero-order valence-corrected chi connectivity index (χ0v) is 17.5. The number of anilines is 2. The lowest BCUT2D eigenvalue weighted by Gasteiger charge is -2.38. The molecule has 7 nitrogen and oxygen atoms in total. The number of rotatable bonds is 5. The standard InChI is InChI=1S/C25H24N4O3/c1-16(30)26-19-12-14-20(15-13-19)27-24(31)22-21(17-8-4-2-5-9-17)23(28-29-25(22)32)18-10-6-3-7-11-18/h2-15,21-23,28H,1H3,(H,26,30)(H,27,31)(H,29,32). The van der Waals surface area contributed by atoms with Gasteiger partial charge in [-0.25, -0.2) is 5.43 Å². The molecule has 0 bridgehead atoms. The zero-order valence-electron chi connectivity index (χ0n) is 17.5. The molecule has 0 aromatic heterocycles. The lowest BCUT2D eigenvalue weighted by molar-refractivity contribution is -0.137. The van der Waals surface area contributed by atoms with Crippen molar-refractivity contribution in [2.75, 3.05) is 10.6 Å². The van der Waals surface area contributed by atoms with Gasteiger partial charge in [0.2, 0.25) is 17.7 Å². The normalized spacial score (nSPS) is 20.2. The third-order valence-electron chi connectivity index (χ3n) is 5.45. The number of carbonyl (C=O) groups is 3. The minimum atomic E-state index is -0.945. The Balaban J connectivity index is 1.64. The van der Waals surface area contributed by atoms with E-state index in [1.165, 1.54) is 6.92 Å². The molecule has 1 heterocycles. The minimum absolute atomic E-state index is 0.175. The molecule has 3 unspecified atom stereocenters. The van der Waals surface area contributed by atoms with Crippen molar-refractivity contribution in [3.05, 3.63) is 96.1 Å². The third-order valence-corrected chi connectivity index (χ3v) is 5.45. The molecular weight excluding hydrogens is 404 g/mol. The van der Waals surface area contributed by atoms with Gasteiger partial charge in [0.25, 0.3) is 0 Å². The average molecular weight is 428 g/mol. The minimum Gasteiger partial charge on any atom is -0.326 e. The highest BCUT2D eigenvalue weighted by Crippen LogP contribution is 2.39. The van der Waals surface area contributed by atoms with Gasteiger partial charge >= 0.3 is 0 Å². The summed E-state index contributed by atoms with van der Waals surface area (Å²) in [5.74, 6) is -2.32. The maximum atomic E-state index is 13.3. The van der Waals surface area contributed by atoms with Gasteiger partial charge in [-0.2, -0.15) is 0 Å². The molecule has 162 valence electrons. The number of benzene rings is 3. The summed E-state index contributed by atoms with van der Waals surface area (Å²) in [4.78, 5) is 37.4. The summed E-state index contributed by atoms with van der Waals surface area (Å²) in [7, 11) is 0. The van der Waals surface area contributed by atoms with Gasteiger partial charge in [0.05, 0.1) is 6.04 Å². The summed E-state index contributed by atoms with van der Waals surface area (Å²) in [6.45, 7) is 1.43. The van der Waals surface area contributed by atoms with Gasteiger partial charge in [-0.15, -0.1) is 0 Å². The number of amides is 3. The molecule has 0 aliphatic carbocycles. The van der Waals surface area contributed by atoms with Crippen LogP contribution in [0.15, 0.2) is 84.9 Å². The van der Waals surface area contributed by atoms with E-state index in [1.54, 1.807) is 24.3 Å². The van der Waals surface area contributed by atoms with E-state index in [4.69, 9.17) is 0 Å².